The summed E-state index contributed by atoms with van der Waals surface area (Å²) in [7, 11) is -2.48. The summed E-state index contributed by atoms with van der Waals surface area (Å²) >= 11 is 0. The Morgan fingerprint density at radius 3 is 2.26 bits per heavy atom. The van der Waals surface area contributed by atoms with Crippen molar-refractivity contribution in [3.8, 4) is 5.75 Å². The van der Waals surface area contributed by atoms with Gasteiger partial charge in [-0.15, -0.1) is 0 Å². The van der Waals surface area contributed by atoms with E-state index in [1.165, 1.54) is 46.7 Å². The fourth-order valence-corrected chi connectivity index (χ4v) is 5.69. The minimum atomic E-state index is -4.00. The van der Waals surface area contributed by atoms with E-state index in [-0.39, 0.29) is 42.7 Å². The van der Waals surface area contributed by atoms with Crippen LogP contribution in [0.5, 0.6) is 5.75 Å². The van der Waals surface area contributed by atoms with Gasteiger partial charge in [0.05, 0.1) is 17.0 Å². The predicted octanol–water partition coefficient (Wildman–Crippen LogP) is 3.26. The maximum atomic E-state index is 13.5. The van der Waals surface area contributed by atoms with Crippen LogP contribution in [0.25, 0.3) is 0 Å². The maximum Gasteiger partial charge on any atom is 0.410 e. The molecule has 3 aromatic rings. The largest absolute Gasteiger partial charge is 0.508 e. The second kappa shape index (κ2) is 13.4. The first-order chi connectivity index (χ1) is 18.5. The molecule has 0 fully saturated rings. The Morgan fingerprint density at radius 1 is 1.00 bits per heavy atom. The smallest absolute Gasteiger partial charge is 0.410 e. The lowest BCUT2D eigenvalue weighted by Gasteiger charge is -2.34. The van der Waals surface area contributed by atoms with Gasteiger partial charge in [-0.1, -0.05) is 50.2 Å². The van der Waals surface area contributed by atoms with Crippen molar-refractivity contribution in [1.29, 1.82) is 0 Å². The van der Waals surface area contributed by atoms with Crippen LogP contribution in [-0.4, -0.2) is 71.2 Å². The lowest BCUT2D eigenvalue weighted by Crippen LogP contribution is -2.51. The average molecular weight is 557 g/mol. The van der Waals surface area contributed by atoms with Gasteiger partial charge >= 0.3 is 6.09 Å². The van der Waals surface area contributed by atoms with Crippen LogP contribution in [0.4, 0.5) is 10.6 Å². The van der Waals surface area contributed by atoms with E-state index < -0.39 is 28.3 Å². The van der Waals surface area contributed by atoms with Crippen molar-refractivity contribution < 1.29 is 28.2 Å². The Morgan fingerprint density at radius 2 is 1.67 bits per heavy atom. The number of aromatic hydroxyl groups is 1. The Bertz CT molecular complexity index is 1300. The minimum absolute atomic E-state index is 0.00219. The third kappa shape index (κ3) is 8.41. The van der Waals surface area contributed by atoms with E-state index in [0.717, 1.165) is 5.56 Å². The average Bonchev–Trinajstić information content (AvgIpc) is 2.91. The molecule has 0 aliphatic rings. The second-order valence-corrected chi connectivity index (χ2v) is 11.7. The highest BCUT2D eigenvalue weighted by atomic mass is 32.2. The quantitative estimate of drug-likeness (QED) is 0.308. The standard InChI is InChI=1S/C28H36N4O6S/c1-20(2)17-32(39(36,37)24-12-10-23(33)11-13-24)18-26(34)25(15-21-7-5-4-6-8-21)31(3)28(35)38-19-22-9-14-27(29)30-16-22/h4-14,16,20,25-26,33-34H,15,17-19H2,1-3H3,(H2,29,30)/t25-,26+/m0/s1. The molecule has 2 aromatic carbocycles. The molecule has 4 N–H and O–H groups in total. The molecule has 3 rings (SSSR count). The number of aliphatic hydroxyl groups is 1. The van der Waals surface area contributed by atoms with Crippen LogP contribution in [0.3, 0.4) is 0 Å². The van der Waals surface area contributed by atoms with E-state index in [1.54, 1.807) is 12.1 Å². The van der Waals surface area contributed by atoms with Gasteiger partial charge in [-0.2, -0.15) is 4.31 Å². The molecule has 0 bridgehead atoms. The zero-order chi connectivity index (χ0) is 28.6. The van der Waals surface area contributed by atoms with E-state index in [4.69, 9.17) is 10.5 Å². The molecule has 1 heterocycles. The maximum absolute atomic E-state index is 13.5. The van der Waals surface area contributed by atoms with E-state index in [9.17, 15) is 23.4 Å². The highest BCUT2D eigenvalue weighted by Crippen LogP contribution is 2.22. The van der Waals surface area contributed by atoms with E-state index in [1.807, 2.05) is 44.2 Å². The number of hydrogen-bond acceptors (Lipinski definition) is 8. The molecule has 0 saturated carbocycles. The van der Waals surface area contributed by atoms with Crippen LogP contribution in [0.15, 0.2) is 77.8 Å². The second-order valence-electron chi connectivity index (χ2n) is 9.79. The number of amides is 1. The van der Waals surface area contributed by atoms with Crippen LogP contribution < -0.4 is 5.73 Å². The number of nitrogens with two attached hydrogens (primary N) is 1. The summed E-state index contributed by atoms with van der Waals surface area (Å²) in [5.41, 5.74) is 7.12. The predicted molar refractivity (Wildman–Crippen MR) is 148 cm³/mol. The summed E-state index contributed by atoms with van der Waals surface area (Å²) in [6.07, 6.45) is -0.141. The fraction of sp³-hybridized carbons (Fsp3) is 0.357. The van der Waals surface area contributed by atoms with Gasteiger partial charge < -0.3 is 25.6 Å². The van der Waals surface area contributed by atoms with Crippen molar-refractivity contribution in [2.24, 2.45) is 5.92 Å². The number of aliphatic hydroxyl groups excluding tert-OH is 1. The van der Waals surface area contributed by atoms with Crippen molar-refractivity contribution in [3.63, 3.8) is 0 Å². The normalized spacial score (nSPS) is 13.3. The molecule has 0 radical (unpaired) electrons. The van der Waals surface area contributed by atoms with Gasteiger partial charge in [0.1, 0.15) is 18.2 Å². The molecular weight excluding hydrogens is 520 g/mol. The first-order valence-electron chi connectivity index (χ1n) is 12.6. The number of pyridine rings is 1. The number of ether oxygens (including phenoxy) is 1. The summed E-state index contributed by atoms with van der Waals surface area (Å²) in [6.45, 7) is 3.61. The molecule has 11 heteroatoms. The SMILES string of the molecule is CC(C)CN(C[C@@H](O)[C@H](Cc1ccccc1)N(C)C(=O)OCc1ccc(N)nc1)S(=O)(=O)c1ccc(O)cc1. The van der Waals surface area contributed by atoms with Crippen LogP contribution in [0, 0.1) is 5.92 Å². The Hall–Kier alpha value is -3.67. The highest BCUT2D eigenvalue weighted by Gasteiger charge is 2.34. The number of nitrogen functional groups attached to an aromatic ring is 1. The number of hydrogen-bond donors (Lipinski definition) is 3. The number of phenols is 1. The third-order valence-electron chi connectivity index (χ3n) is 6.16. The van der Waals surface area contributed by atoms with Gasteiger partial charge in [0, 0.05) is 31.9 Å². The van der Waals surface area contributed by atoms with Crippen molar-refractivity contribution in [1.82, 2.24) is 14.2 Å². The number of carbonyl (C=O) groups is 1. The van der Waals surface area contributed by atoms with Crippen LogP contribution >= 0.6 is 0 Å². The Kier molecular flexibility index (Phi) is 10.3. The number of carbonyl (C=O) groups excluding carboxylic acids is 1. The molecule has 0 saturated heterocycles. The molecule has 0 unspecified atom stereocenters. The van der Waals surface area contributed by atoms with Gasteiger partial charge in [-0.05, 0) is 48.2 Å². The number of aromatic nitrogens is 1. The van der Waals surface area contributed by atoms with Gasteiger partial charge in [0.2, 0.25) is 10.0 Å². The van der Waals surface area contributed by atoms with Crippen LogP contribution in [0.2, 0.25) is 0 Å². The summed E-state index contributed by atoms with van der Waals surface area (Å²) in [4.78, 5) is 18.3. The van der Waals surface area contributed by atoms with Crippen molar-refractivity contribution in [2.75, 3.05) is 25.9 Å². The first kappa shape index (κ1) is 29.9. The minimum Gasteiger partial charge on any atom is -0.508 e. The van der Waals surface area contributed by atoms with E-state index >= 15 is 0 Å². The van der Waals surface area contributed by atoms with Crippen LogP contribution in [-0.2, 0) is 27.8 Å². The molecule has 0 spiro atoms. The Balaban J connectivity index is 1.84. The van der Waals surface area contributed by atoms with Crippen LogP contribution in [0.1, 0.15) is 25.0 Å². The van der Waals surface area contributed by atoms with Crippen molar-refractivity contribution >= 4 is 21.9 Å². The lowest BCUT2D eigenvalue weighted by molar-refractivity contribution is 0.0332. The van der Waals surface area contributed by atoms with E-state index in [2.05, 4.69) is 4.98 Å². The molecule has 10 nitrogen and oxygen atoms in total. The van der Waals surface area contributed by atoms with Gasteiger partial charge in [-0.25, -0.2) is 18.2 Å². The summed E-state index contributed by atoms with van der Waals surface area (Å²) in [5.74, 6) is 0.261. The lowest BCUT2D eigenvalue weighted by atomic mass is 10.00. The number of phenolic OH excluding ortho intramolecular Hbond substituents is 1. The van der Waals surface area contributed by atoms with Crippen molar-refractivity contribution in [2.45, 2.75) is 43.9 Å². The molecule has 210 valence electrons. The number of sulfonamides is 1. The monoisotopic (exact) mass is 556 g/mol. The Labute approximate surface area is 229 Å². The zero-order valence-corrected chi connectivity index (χ0v) is 23.2. The molecule has 1 aromatic heterocycles. The number of rotatable bonds is 12. The first-order valence-corrected chi connectivity index (χ1v) is 14.0. The van der Waals surface area contributed by atoms with Gasteiger partial charge in [0.15, 0.2) is 0 Å². The number of nitrogens with zero attached hydrogens (tertiary/aromatic N) is 3. The fourth-order valence-electron chi connectivity index (χ4n) is 4.07. The highest BCUT2D eigenvalue weighted by molar-refractivity contribution is 7.89. The third-order valence-corrected chi connectivity index (χ3v) is 8.01. The molecule has 0 aliphatic heterocycles. The summed E-state index contributed by atoms with van der Waals surface area (Å²) in [5, 5.41) is 21.0. The molecule has 0 aliphatic carbocycles. The van der Waals surface area contributed by atoms with Crippen molar-refractivity contribution in [3.05, 3.63) is 84.1 Å². The zero-order valence-electron chi connectivity index (χ0n) is 22.3. The molecule has 1 amide bonds. The number of benzene rings is 2. The molecule has 2 atom stereocenters. The summed E-state index contributed by atoms with van der Waals surface area (Å²) in [6, 6.07) is 17.1. The van der Waals surface area contributed by atoms with Gasteiger partial charge in [0.25, 0.3) is 0 Å². The number of anilines is 1. The topological polar surface area (TPSA) is 146 Å². The molecular formula is C28H36N4O6S. The number of likely N-dealkylation sites (N-methyl/N-ethyl adjacent to an activating group) is 1. The molecule has 39 heavy (non-hydrogen) atoms. The summed E-state index contributed by atoms with van der Waals surface area (Å²) < 4.78 is 33.7. The van der Waals surface area contributed by atoms with Gasteiger partial charge in [-0.3, -0.25) is 0 Å². The van der Waals surface area contributed by atoms with E-state index in [0.29, 0.717) is 11.4 Å².